The van der Waals surface area contributed by atoms with Gasteiger partial charge < -0.3 is 0 Å². The summed E-state index contributed by atoms with van der Waals surface area (Å²) in [6.07, 6.45) is 0.561. The number of nitrogens with zero attached hydrogens (tertiary/aromatic N) is 1. The Morgan fingerprint density at radius 3 is 2.17 bits per heavy atom. The van der Waals surface area contributed by atoms with E-state index in [0.717, 1.165) is 0 Å². The van der Waals surface area contributed by atoms with Crippen molar-refractivity contribution in [2.24, 2.45) is 0 Å². The molecule has 0 unspecified atom stereocenters. The number of rotatable bonds is 1. The van der Waals surface area contributed by atoms with Gasteiger partial charge in [0.15, 0.2) is 6.29 Å². The monoisotopic (exact) mass is 199 g/mol. The van der Waals surface area contributed by atoms with Crippen LogP contribution in [0.4, 0.5) is 0 Å². The highest BCUT2D eigenvalue weighted by Gasteiger charge is 2.06. The molecular formula is C8H3Cl2NO. The number of hydrogen-bond donors (Lipinski definition) is 0. The average molecular weight is 200 g/mol. The first-order valence-corrected chi connectivity index (χ1v) is 3.79. The summed E-state index contributed by atoms with van der Waals surface area (Å²) < 4.78 is 0. The Balaban J connectivity index is 3.39. The topological polar surface area (TPSA) is 40.9 Å². The van der Waals surface area contributed by atoms with Crippen molar-refractivity contribution in [2.45, 2.75) is 0 Å². The smallest absolute Gasteiger partial charge is 0.153 e. The highest BCUT2D eigenvalue weighted by atomic mass is 35.5. The van der Waals surface area contributed by atoms with Crippen LogP contribution in [0.25, 0.3) is 0 Å². The van der Waals surface area contributed by atoms with Crippen LogP contribution in [0.3, 0.4) is 0 Å². The Labute approximate surface area is 79.3 Å². The normalized spacial score (nSPS) is 9.08. The van der Waals surface area contributed by atoms with Gasteiger partial charge in [0.05, 0.1) is 27.2 Å². The van der Waals surface area contributed by atoms with Gasteiger partial charge in [-0.05, 0) is 12.1 Å². The van der Waals surface area contributed by atoms with Gasteiger partial charge in [-0.2, -0.15) is 5.26 Å². The molecule has 0 N–H and O–H groups in total. The number of carbonyl (C=O) groups excluding carboxylic acids is 1. The maximum absolute atomic E-state index is 10.4. The third-order valence-corrected chi connectivity index (χ3v) is 1.95. The third kappa shape index (κ3) is 1.58. The van der Waals surface area contributed by atoms with E-state index < -0.39 is 0 Å². The lowest BCUT2D eigenvalue weighted by Gasteiger charge is -1.98. The Bertz CT molecular complexity index is 345. The molecule has 60 valence electrons. The van der Waals surface area contributed by atoms with Gasteiger partial charge in [0.25, 0.3) is 0 Å². The van der Waals surface area contributed by atoms with Crippen molar-refractivity contribution in [3.05, 3.63) is 33.3 Å². The minimum atomic E-state index is 0.203. The Morgan fingerprint density at radius 1 is 1.33 bits per heavy atom. The molecule has 12 heavy (non-hydrogen) atoms. The maximum Gasteiger partial charge on any atom is 0.153 e. The highest BCUT2D eigenvalue weighted by molar-refractivity contribution is 6.38. The van der Waals surface area contributed by atoms with Crippen LogP contribution < -0.4 is 0 Å². The molecule has 2 nitrogen and oxygen atoms in total. The standard InChI is InChI=1S/C8H3Cl2NO/c9-7-1-5(3-11)2-8(10)6(7)4-12/h1-2,4H. The first-order valence-electron chi connectivity index (χ1n) is 3.03. The van der Waals surface area contributed by atoms with Crippen molar-refractivity contribution in [1.29, 1.82) is 5.26 Å². The lowest BCUT2D eigenvalue weighted by Crippen LogP contribution is -1.85. The van der Waals surface area contributed by atoms with Gasteiger partial charge in [0.2, 0.25) is 0 Å². The molecule has 0 aromatic heterocycles. The lowest BCUT2D eigenvalue weighted by molar-refractivity contribution is 0.112. The Hall–Kier alpha value is -1.04. The van der Waals surface area contributed by atoms with E-state index >= 15 is 0 Å². The SMILES string of the molecule is N#Cc1cc(Cl)c(C=O)c(Cl)c1. The van der Waals surface area contributed by atoms with Crippen molar-refractivity contribution in [3.8, 4) is 6.07 Å². The molecular weight excluding hydrogens is 197 g/mol. The van der Waals surface area contributed by atoms with Crippen LogP contribution in [-0.2, 0) is 0 Å². The summed E-state index contributed by atoms with van der Waals surface area (Å²) in [5, 5.41) is 8.90. The summed E-state index contributed by atoms with van der Waals surface area (Å²) in [4.78, 5) is 10.4. The average Bonchev–Trinajstić information content (AvgIpc) is 2.03. The summed E-state index contributed by atoms with van der Waals surface area (Å²) in [7, 11) is 0. The molecule has 1 aromatic rings. The lowest BCUT2D eigenvalue weighted by atomic mass is 10.1. The van der Waals surface area contributed by atoms with Crippen LogP contribution in [0.15, 0.2) is 12.1 Å². The molecule has 1 rings (SSSR count). The number of carbonyl (C=O) groups is 1. The Morgan fingerprint density at radius 2 is 1.83 bits per heavy atom. The molecule has 0 spiro atoms. The van der Waals surface area contributed by atoms with Crippen LogP contribution >= 0.6 is 23.2 Å². The zero-order valence-electron chi connectivity index (χ0n) is 5.84. The largest absolute Gasteiger partial charge is 0.298 e. The van der Waals surface area contributed by atoms with Crippen LogP contribution in [0.2, 0.25) is 10.0 Å². The third-order valence-electron chi connectivity index (χ3n) is 1.33. The fraction of sp³-hybridized carbons (Fsp3) is 0. The predicted molar refractivity (Wildman–Crippen MR) is 46.6 cm³/mol. The second kappa shape index (κ2) is 3.57. The number of aldehydes is 1. The van der Waals surface area contributed by atoms with Gasteiger partial charge in [0, 0.05) is 0 Å². The van der Waals surface area contributed by atoms with E-state index in [2.05, 4.69) is 0 Å². The Kier molecular flexibility index (Phi) is 2.69. The molecule has 0 fully saturated rings. The molecule has 0 bridgehead atoms. The molecule has 4 heteroatoms. The van der Waals surface area contributed by atoms with E-state index in [1.54, 1.807) is 0 Å². The quantitative estimate of drug-likeness (QED) is 0.653. The minimum Gasteiger partial charge on any atom is -0.298 e. The van der Waals surface area contributed by atoms with Crippen molar-refractivity contribution in [1.82, 2.24) is 0 Å². The molecule has 0 saturated heterocycles. The second-order valence-electron chi connectivity index (χ2n) is 2.08. The minimum absolute atomic E-state index is 0.203. The van der Waals surface area contributed by atoms with Crippen molar-refractivity contribution < 1.29 is 4.79 Å². The fourth-order valence-electron chi connectivity index (χ4n) is 0.761. The van der Waals surface area contributed by atoms with Gasteiger partial charge in [-0.25, -0.2) is 0 Å². The van der Waals surface area contributed by atoms with E-state index in [-0.39, 0.29) is 15.6 Å². The molecule has 1 aromatic carbocycles. The van der Waals surface area contributed by atoms with Crippen molar-refractivity contribution >= 4 is 29.5 Å². The van der Waals surface area contributed by atoms with E-state index in [9.17, 15) is 4.79 Å². The van der Waals surface area contributed by atoms with Crippen LogP contribution in [0.5, 0.6) is 0 Å². The van der Waals surface area contributed by atoms with E-state index in [1.165, 1.54) is 12.1 Å². The zero-order chi connectivity index (χ0) is 9.14. The molecule has 0 aliphatic carbocycles. The number of benzene rings is 1. The molecule has 0 aliphatic heterocycles. The summed E-state index contributed by atoms with van der Waals surface area (Å²) in [5.41, 5.74) is 0.563. The van der Waals surface area contributed by atoms with Gasteiger partial charge in [-0.3, -0.25) is 4.79 Å². The molecule has 0 radical (unpaired) electrons. The second-order valence-corrected chi connectivity index (χ2v) is 2.90. The molecule has 0 aliphatic rings. The molecule has 0 amide bonds. The number of hydrogen-bond acceptors (Lipinski definition) is 2. The van der Waals surface area contributed by atoms with Gasteiger partial charge >= 0.3 is 0 Å². The molecule has 0 heterocycles. The van der Waals surface area contributed by atoms with Gasteiger partial charge in [-0.15, -0.1) is 0 Å². The van der Waals surface area contributed by atoms with Crippen LogP contribution in [0.1, 0.15) is 15.9 Å². The van der Waals surface area contributed by atoms with Gasteiger partial charge in [-0.1, -0.05) is 23.2 Å². The van der Waals surface area contributed by atoms with Crippen LogP contribution in [-0.4, -0.2) is 6.29 Å². The van der Waals surface area contributed by atoms with E-state index in [0.29, 0.717) is 11.8 Å². The summed E-state index contributed by atoms with van der Waals surface area (Å²) in [6, 6.07) is 4.68. The van der Waals surface area contributed by atoms with E-state index in [4.69, 9.17) is 28.5 Å². The highest BCUT2D eigenvalue weighted by Crippen LogP contribution is 2.24. The van der Waals surface area contributed by atoms with E-state index in [1.807, 2.05) is 6.07 Å². The summed E-state index contributed by atoms with van der Waals surface area (Å²) in [6.45, 7) is 0. The first-order chi connectivity index (χ1) is 5.69. The summed E-state index contributed by atoms with van der Waals surface area (Å²) in [5.74, 6) is 0. The van der Waals surface area contributed by atoms with Gasteiger partial charge in [0.1, 0.15) is 0 Å². The predicted octanol–water partition coefficient (Wildman–Crippen LogP) is 2.68. The fourth-order valence-corrected chi connectivity index (χ4v) is 1.34. The first kappa shape index (κ1) is 9.05. The van der Waals surface area contributed by atoms with Crippen LogP contribution in [0, 0.1) is 11.3 Å². The number of nitriles is 1. The summed E-state index contributed by atoms with van der Waals surface area (Å²) >= 11 is 11.3. The van der Waals surface area contributed by atoms with Crippen molar-refractivity contribution in [2.75, 3.05) is 0 Å². The van der Waals surface area contributed by atoms with Crippen molar-refractivity contribution in [3.63, 3.8) is 0 Å². The molecule has 0 atom stereocenters. The molecule has 0 saturated carbocycles. The number of halogens is 2. The maximum atomic E-state index is 10.4. The zero-order valence-corrected chi connectivity index (χ0v) is 7.36.